The van der Waals surface area contributed by atoms with Crippen molar-refractivity contribution in [3.63, 3.8) is 0 Å². The predicted molar refractivity (Wildman–Crippen MR) is 115 cm³/mol. The fourth-order valence-electron chi connectivity index (χ4n) is 3.12. The summed E-state index contributed by atoms with van der Waals surface area (Å²) in [7, 11) is 6.00. The number of phenolic OH excluding ortho intramolecular Hbond substituents is 2. The largest absolute Gasteiger partial charge is 0.508 e. The van der Waals surface area contributed by atoms with E-state index in [1.807, 2.05) is 52.0 Å². The summed E-state index contributed by atoms with van der Waals surface area (Å²) >= 11 is 0. The van der Waals surface area contributed by atoms with Gasteiger partial charge in [0.2, 0.25) is 0 Å². The Morgan fingerprint density at radius 3 is 2.30 bits per heavy atom. The summed E-state index contributed by atoms with van der Waals surface area (Å²) in [6.07, 6.45) is 1.62. The highest BCUT2D eigenvalue weighted by atomic mass is 16.3. The summed E-state index contributed by atoms with van der Waals surface area (Å²) in [4.78, 5) is 8.63. The van der Waals surface area contributed by atoms with Crippen molar-refractivity contribution in [1.29, 1.82) is 0 Å². The molecular formula is C21H28N6O3. The smallest absolute Gasteiger partial charge is 0.319 e. The molecule has 0 aliphatic heterocycles. The van der Waals surface area contributed by atoms with Gasteiger partial charge in [-0.25, -0.2) is 9.55 Å². The second-order valence-corrected chi connectivity index (χ2v) is 7.84. The summed E-state index contributed by atoms with van der Waals surface area (Å²) in [5, 5.41) is 38.6. The van der Waals surface area contributed by atoms with Crippen LogP contribution in [0.1, 0.15) is 25.3 Å². The third-order valence-electron chi connectivity index (χ3n) is 4.92. The molecule has 3 aromatic rings. The molecule has 9 nitrogen and oxygen atoms in total. The Morgan fingerprint density at radius 1 is 0.967 bits per heavy atom. The fraction of sp³-hybridized carbons (Fsp3) is 0.381. The Kier molecular flexibility index (Phi) is 6.12. The van der Waals surface area contributed by atoms with E-state index in [0.717, 1.165) is 18.9 Å². The summed E-state index contributed by atoms with van der Waals surface area (Å²) in [5.74, 6) is 0.937. The highest BCUT2D eigenvalue weighted by molar-refractivity contribution is 5.69. The number of phenols is 2. The Balaban J connectivity index is 1.99. The molecule has 0 saturated carbocycles. The molecule has 0 unspecified atom stereocenters. The summed E-state index contributed by atoms with van der Waals surface area (Å²) in [6, 6.07) is 6.28. The number of anilines is 1. The lowest BCUT2D eigenvalue weighted by atomic mass is 9.98. The number of hydrogen-bond acceptors (Lipinski definition) is 8. The number of pyridine rings is 1. The van der Waals surface area contributed by atoms with Gasteiger partial charge < -0.3 is 25.1 Å². The van der Waals surface area contributed by atoms with Crippen molar-refractivity contribution in [1.82, 2.24) is 24.6 Å². The van der Waals surface area contributed by atoms with Crippen LogP contribution in [0.5, 0.6) is 17.5 Å². The number of likely N-dealkylation sites (N-methyl/N-ethyl adjacent to an activating group) is 2. The standard InChI is InChI=1S/C21H28N6O3/c1-13(2)15-10-16(18(29)11-17(15)28)20-23-24-21(30)27(20)14-6-7-19(22-12-14)26(5)9-8-25(3)4/h6-7,10-13,28-29H,8-9H2,1-5H3,(H,24,30). The molecule has 0 amide bonds. The van der Waals surface area contributed by atoms with Gasteiger partial charge in [-0.05, 0) is 43.8 Å². The summed E-state index contributed by atoms with van der Waals surface area (Å²) < 4.78 is 1.41. The van der Waals surface area contributed by atoms with Gasteiger partial charge in [0, 0.05) is 26.2 Å². The molecule has 2 aromatic heterocycles. The van der Waals surface area contributed by atoms with E-state index in [1.54, 1.807) is 12.3 Å². The molecule has 0 bridgehead atoms. The highest BCUT2D eigenvalue weighted by Gasteiger charge is 2.21. The van der Waals surface area contributed by atoms with Crippen molar-refractivity contribution >= 4 is 5.82 Å². The monoisotopic (exact) mass is 412 g/mol. The van der Waals surface area contributed by atoms with Crippen molar-refractivity contribution in [2.75, 3.05) is 39.1 Å². The van der Waals surface area contributed by atoms with Crippen LogP contribution in [0.15, 0.2) is 30.5 Å². The van der Waals surface area contributed by atoms with Gasteiger partial charge in [-0.15, -0.1) is 5.10 Å². The Labute approximate surface area is 175 Å². The molecule has 1 aromatic carbocycles. The maximum atomic E-state index is 10.4. The number of aromatic hydroxyl groups is 3. The first-order chi connectivity index (χ1) is 14.2. The van der Waals surface area contributed by atoms with E-state index in [0.29, 0.717) is 16.8 Å². The van der Waals surface area contributed by atoms with Gasteiger partial charge in [-0.1, -0.05) is 18.9 Å². The van der Waals surface area contributed by atoms with Crippen molar-refractivity contribution in [2.45, 2.75) is 19.8 Å². The van der Waals surface area contributed by atoms with Crippen LogP contribution in [-0.4, -0.2) is 74.2 Å². The minimum Gasteiger partial charge on any atom is -0.508 e. The summed E-state index contributed by atoms with van der Waals surface area (Å²) in [6.45, 7) is 5.59. The molecule has 0 radical (unpaired) electrons. The molecule has 0 spiro atoms. The van der Waals surface area contributed by atoms with Crippen LogP contribution in [0.2, 0.25) is 0 Å². The molecule has 3 N–H and O–H groups in total. The first-order valence-corrected chi connectivity index (χ1v) is 9.72. The van der Waals surface area contributed by atoms with E-state index >= 15 is 0 Å². The molecule has 30 heavy (non-hydrogen) atoms. The molecule has 0 saturated heterocycles. The van der Waals surface area contributed by atoms with Crippen LogP contribution in [0.4, 0.5) is 5.82 Å². The van der Waals surface area contributed by atoms with Crippen molar-refractivity contribution in [3.05, 3.63) is 36.0 Å². The van der Waals surface area contributed by atoms with Gasteiger partial charge in [0.15, 0.2) is 5.82 Å². The third-order valence-corrected chi connectivity index (χ3v) is 4.92. The number of aromatic nitrogens is 4. The highest BCUT2D eigenvalue weighted by Crippen LogP contribution is 2.38. The van der Waals surface area contributed by atoms with Gasteiger partial charge in [0.25, 0.3) is 0 Å². The lowest BCUT2D eigenvalue weighted by molar-refractivity contribution is 0.416. The number of rotatable bonds is 7. The number of benzene rings is 1. The van der Waals surface area contributed by atoms with Gasteiger partial charge in [-0.3, -0.25) is 0 Å². The van der Waals surface area contributed by atoms with Crippen molar-refractivity contribution in [2.24, 2.45) is 0 Å². The van der Waals surface area contributed by atoms with Crippen LogP contribution in [0.25, 0.3) is 17.1 Å². The summed E-state index contributed by atoms with van der Waals surface area (Å²) in [5.41, 5.74) is 1.57. The number of hydrogen-bond donors (Lipinski definition) is 3. The molecule has 9 heteroatoms. The van der Waals surface area contributed by atoms with Crippen LogP contribution in [0.3, 0.4) is 0 Å². The van der Waals surface area contributed by atoms with Crippen LogP contribution < -0.4 is 4.90 Å². The average molecular weight is 412 g/mol. The molecule has 0 atom stereocenters. The van der Waals surface area contributed by atoms with E-state index in [-0.39, 0.29) is 29.3 Å². The Morgan fingerprint density at radius 2 is 1.70 bits per heavy atom. The molecule has 0 aliphatic rings. The zero-order valence-electron chi connectivity index (χ0n) is 17.9. The topological polar surface area (TPSA) is 111 Å². The molecule has 0 aliphatic carbocycles. The van der Waals surface area contributed by atoms with E-state index in [1.165, 1.54) is 10.6 Å². The zero-order chi connectivity index (χ0) is 22.0. The SMILES string of the molecule is CC(C)c1cc(-c2nnc(O)n2-c2ccc(N(C)CCN(C)C)nc2)c(O)cc1O. The second kappa shape index (κ2) is 8.58. The Hall–Kier alpha value is -3.33. The van der Waals surface area contributed by atoms with E-state index < -0.39 is 0 Å². The van der Waals surface area contributed by atoms with Crippen LogP contribution in [-0.2, 0) is 0 Å². The molecule has 0 fully saturated rings. The first kappa shape index (κ1) is 21.4. The molecular weight excluding hydrogens is 384 g/mol. The Bertz CT molecular complexity index is 1010. The van der Waals surface area contributed by atoms with Crippen molar-refractivity contribution in [3.8, 4) is 34.6 Å². The quantitative estimate of drug-likeness (QED) is 0.543. The van der Waals surface area contributed by atoms with Gasteiger partial charge in [-0.2, -0.15) is 0 Å². The van der Waals surface area contributed by atoms with Crippen molar-refractivity contribution < 1.29 is 15.3 Å². The maximum Gasteiger partial charge on any atom is 0.319 e. The first-order valence-electron chi connectivity index (χ1n) is 9.72. The predicted octanol–water partition coefficient (Wildman–Crippen LogP) is 2.57. The normalized spacial score (nSPS) is 11.4. The minimum atomic E-state index is -0.320. The van der Waals surface area contributed by atoms with E-state index in [2.05, 4.69) is 20.1 Å². The van der Waals surface area contributed by atoms with E-state index in [4.69, 9.17) is 0 Å². The lowest BCUT2D eigenvalue weighted by Crippen LogP contribution is -2.28. The fourth-order valence-corrected chi connectivity index (χ4v) is 3.12. The van der Waals surface area contributed by atoms with Gasteiger partial charge in [0.1, 0.15) is 17.3 Å². The van der Waals surface area contributed by atoms with E-state index in [9.17, 15) is 15.3 Å². The van der Waals surface area contributed by atoms with Gasteiger partial charge >= 0.3 is 6.01 Å². The second-order valence-electron chi connectivity index (χ2n) is 7.84. The molecule has 160 valence electrons. The number of nitrogens with zero attached hydrogens (tertiary/aromatic N) is 6. The molecule has 3 rings (SSSR count). The minimum absolute atomic E-state index is 0.00770. The van der Waals surface area contributed by atoms with Gasteiger partial charge in [0.05, 0.1) is 17.4 Å². The lowest BCUT2D eigenvalue weighted by Gasteiger charge is -2.20. The zero-order valence-corrected chi connectivity index (χ0v) is 17.9. The maximum absolute atomic E-state index is 10.4. The van der Waals surface area contributed by atoms with Crippen LogP contribution >= 0.6 is 0 Å². The average Bonchev–Trinajstić information content (AvgIpc) is 3.07. The third kappa shape index (κ3) is 4.30. The van der Waals surface area contributed by atoms with Crippen LogP contribution in [0, 0.1) is 0 Å². The molecule has 2 heterocycles.